The average molecular weight is 530 g/mol. The second-order valence-electron chi connectivity index (χ2n) is 9.33. The van der Waals surface area contributed by atoms with Gasteiger partial charge in [0.2, 0.25) is 5.75 Å². The minimum atomic E-state index is -0.611. The van der Waals surface area contributed by atoms with Crippen molar-refractivity contribution in [2.45, 2.75) is 24.7 Å². The number of allylic oxidation sites excluding steroid dienone is 2. The number of aromatic amines is 1. The maximum Gasteiger partial charge on any atom is 0.277 e. The molecule has 3 heterocycles. The number of anilines is 1. The Balaban J connectivity index is 1.57. The number of H-pyrrole nitrogens is 1. The molecule has 194 valence electrons. The Morgan fingerprint density at radius 3 is 2.29 bits per heavy atom. The molecular weight excluding hydrogens is 502 g/mol. The van der Waals surface area contributed by atoms with Crippen LogP contribution in [0.5, 0.6) is 17.2 Å². The van der Waals surface area contributed by atoms with Crippen LogP contribution in [0.3, 0.4) is 0 Å². The van der Waals surface area contributed by atoms with E-state index in [1.165, 1.54) is 9.56 Å². The summed E-state index contributed by atoms with van der Waals surface area (Å²) < 4.78 is 18.3. The van der Waals surface area contributed by atoms with E-state index in [9.17, 15) is 9.59 Å². The first-order chi connectivity index (χ1) is 18.5. The quantitative estimate of drug-likeness (QED) is 0.356. The zero-order valence-electron chi connectivity index (χ0n) is 21.2. The normalized spacial score (nSPS) is 18.4. The van der Waals surface area contributed by atoms with Crippen LogP contribution in [0.2, 0.25) is 0 Å². The second kappa shape index (κ2) is 9.57. The topological polar surface area (TPSA) is 94.6 Å². The number of Topliss-reactive ketones (excluding diaryl/α,β-unsaturated/α-hetero) is 1. The van der Waals surface area contributed by atoms with Crippen LogP contribution in [0.1, 0.15) is 40.7 Å². The molecule has 0 saturated heterocycles. The predicted octanol–water partition coefficient (Wildman–Crippen LogP) is 5.21. The third-order valence-corrected chi connectivity index (χ3v) is 8.30. The van der Waals surface area contributed by atoms with Crippen molar-refractivity contribution in [3.63, 3.8) is 0 Å². The lowest BCUT2D eigenvalue weighted by Gasteiger charge is -2.34. The van der Waals surface area contributed by atoms with E-state index in [1.807, 2.05) is 53.9 Å². The van der Waals surface area contributed by atoms with Crippen molar-refractivity contribution in [2.24, 2.45) is 0 Å². The highest BCUT2D eigenvalue weighted by Gasteiger charge is 2.42. The van der Waals surface area contributed by atoms with Gasteiger partial charge < -0.3 is 19.5 Å². The van der Waals surface area contributed by atoms with Crippen molar-refractivity contribution >= 4 is 22.9 Å². The lowest BCUT2D eigenvalue weighted by atomic mass is 9.74. The van der Waals surface area contributed by atoms with Crippen molar-refractivity contribution in [2.75, 3.05) is 26.6 Å². The number of nitrogens with one attached hydrogen (secondary N) is 2. The van der Waals surface area contributed by atoms with Gasteiger partial charge in [-0.05, 0) is 47.7 Å². The number of carbonyl (C=O) groups excluding carboxylic acids is 1. The highest BCUT2D eigenvalue weighted by atomic mass is 32.1. The summed E-state index contributed by atoms with van der Waals surface area (Å²) in [6, 6.07) is 17.1. The molecule has 2 atom stereocenters. The maximum absolute atomic E-state index is 13.9. The number of thiophene rings is 1. The first-order valence-corrected chi connectivity index (χ1v) is 13.2. The average Bonchev–Trinajstić information content (AvgIpc) is 3.60. The van der Waals surface area contributed by atoms with Crippen molar-refractivity contribution in [1.29, 1.82) is 0 Å². The Labute approximate surface area is 223 Å². The summed E-state index contributed by atoms with van der Waals surface area (Å²) in [7, 11) is 4.65. The van der Waals surface area contributed by atoms with E-state index in [-0.39, 0.29) is 17.3 Å². The van der Waals surface area contributed by atoms with Gasteiger partial charge in [-0.3, -0.25) is 14.7 Å². The SMILES string of the molecule is COc1cc(C2C3=C(CC(c4cccs4)CC3=O)Nc3[nH]n(-c4ccccc4)c(=O)c32)cc(OC)c1OC. The smallest absolute Gasteiger partial charge is 0.277 e. The molecule has 6 rings (SSSR count). The third-order valence-electron chi connectivity index (χ3n) is 7.27. The van der Waals surface area contributed by atoms with Crippen molar-refractivity contribution < 1.29 is 19.0 Å². The molecule has 0 fully saturated rings. The Kier molecular flexibility index (Phi) is 6.07. The van der Waals surface area contributed by atoms with Gasteiger partial charge in [0.25, 0.3) is 5.56 Å². The molecule has 1 aliphatic carbocycles. The number of carbonyl (C=O) groups is 1. The monoisotopic (exact) mass is 529 g/mol. The Bertz CT molecular complexity index is 1580. The van der Waals surface area contributed by atoms with Gasteiger partial charge in [0.1, 0.15) is 5.82 Å². The molecule has 38 heavy (non-hydrogen) atoms. The van der Waals surface area contributed by atoms with E-state index in [0.717, 1.165) is 5.70 Å². The predicted molar refractivity (Wildman–Crippen MR) is 146 cm³/mol. The molecule has 2 aliphatic rings. The van der Waals surface area contributed by atoms with E-state index in [4.69, 9.17) is 14.2 Å². The number of ether oxygens (including phenoxy) is 3. The van der Waals surface area contributed by atoms with Crippen molar-refractivity contribution in [3.05, 3.63) is 97.6 Å². The largest absolute Gasteiger partial charge is 0.493 e. The summed E-state index contributed by atoms with van der Waals surface area (Å²) in [6.07, 6.45) is 1.05. The van der Waals surface area contributed by atoms with Crippen LogP contribution in [0.15, 0.2) is 76.0 Å². The van der Waals surface area contributed by atoms with E-state index in [0.29, 0.717) is 58.3 Å². The molecule has 0 bridgehead atoms. The summed E-state index contributed by atoms with van der Waals surface area (Å²) >= 11 is 1.66. The van der Waals surface area contributed by atoms with Crippen LogP contribution in [0, 0.1) is 0 Å². The van der Waals surface area contributed by atoms with Crippen LogP contribution in [-0.4, -0.2) is 36.9 Å². The number of rotatable bonds is 6. The highest BCUT2D eigenvalue weighted by Crippen LogP contribution is 2.50. The van der Waals surface area contributed by atoms with Gasteiger partial charge in [0.15, 0.2) is 17.3 Å². The van der Waals surface area contributed by atoms with Gasteiger partial charge >= 0.3 is 0 Å². The van der Waals surface area contributed by atoms with E-state index in [1.54, 1.807) is 32.7 Å². The molecule has 0 spiro atoms. The molecule has 0 saturated carbocycles. The number of nitrogens with zero attached hydrogens (tertiary/aromatic N) is 1. The number of para-hydroxylation sites is 1. The summed E-state index contributed by atoms with van der Waals surface area (Å²) in [6.45, 7) is 0. The number of hydrogen-bond donors (Lipinski definition) is 2. The highest BCUT2D eigenvalue weighted by molar-refractivity contribution is 7.10. The van der Waals surface area contributed by atoms with Gasteiger partial charge in [-0.25, -0.2) is 4.68 Å². The summed E-state index contributed by atoms with van der Waals surface area (Å²) in [5.74, 6) is 1.44. The van der Waals surface area contributed by atoms with Crippen LogP contribution in [-0.2, 0) is 4.79 Å². The van der Waals surface area contributed by atoms with Gasteiger partial charge in [-0.2, -0.15) is 0 Å². The Morgan fingerprint density at radius 1 is 0.921 bits per heavy atom. The fraction of sp³-hybridized carbons (Fsp3) is 0.241. The van der Waals surface area contributed by atoms with Crippen LogP contribution in [0.25, 0.3) is 5.69 Å². The van der Waals surface area contributed by atoms with Gasteiger partial charge in [-0.1, -0.05) is 24.3 Å². The van der Waals surface area contributed by atoms with Gasteiger partial charge in [0.05, 0.1) is 32.6 Å². The number of hydrogen-bond acceptors (Lipinski definition) is 7. The van der Waals surface area contributed by atoms with Crippen molar-refractivity contribution in [1.82, 2.24) is 9.78 Å². The van der Waals surface area contributed by atoms with Gasteiger partial charge in [0, 0.05) is 34.4 Å². The van der Waals surface area contributed by atoms with Crippen LogP contribution in [0.4, 0.5) is 5.82 Å². The number of benzene rings is 2. The molecule has 2 aromatic carbocycles. The van der Waals surface area contributed by atoms with Crippen LogP contribution >= 0.6 is 11.3 Å². The minimum absolute atomic E-state index is 0.0217. The number of methoxy groups -OCH3 is 3. The van der Waals surface area contributed by atoms with E-state index >= 15 is 0 Å². The summed E-state index contributed by atoms with van der Waals surface area (Å²) in [4.78, 5) is 29.0. The number of fused-ring (bicyclic) bond motifs is 1. The Morgan fingerprint density at radius 2 is 1.66 bits per heavy atom. The molecular formula is C29H27N3O5S. The zero-order chi connectivity index (χ0) is 26.4. The van der Waals surface area contributed by atoms with Gasteiger partial charge in [-0.15, -0.1) is 11.3 Å². The van der Waals surface area contributed by atoms with E-state index < -0.39 is 5.92 Å². The fourth-order valence-electron chi connectivity index (χ4n) is 5.58. The first-order valence-electron chi connectivity index (χ1n) is 12.3. The van der Waals surface area contributed by atoms with Crippen LogP contribution < -0.4 is 25.1 Å². The second-order valence-corrected chi connectivity index (χ2v) is 10.3. The maximum atomic E-state index is 13.9. The Hall–Kier alpha value is -4.24. The molecule has 0 amide bonds. The van der Waals surface area contributed by atoms with Crippen molar-refractivity contribution in [3.8, 4) is 22.9 Å². The summed E-state index contributed by atoms with van der Waals surface area (Å²) in [5.41, 5.74) is 3.11. The fourth-order valence-corrected chi connectivity index (χ4v) is 6.41. The number of ketones is 1. The molecule has 9 heteroatoms. The molecule has 8 nitrogen and oxygen atoms in total. The third kappa shape index (κ3) is 3.81. The summed E-state index contributed by atoms with van der Waals surface area (Å²) in [5, 5.41) is 8.72. The lowest BCUT2D eigenvalue weighted by molar-refractivity contribution is -0.116. The van der Waals surface area contributed by atoms with E-state index in [2.05, 4.69) is 16.5 Å². The molecule has 2 unspecified atom stereocenters. The first kappa shape index (κ1) is 24.1. The molecule has 2 aromatic heterocycles. The standard InChI is InChI=1S/C29H27N3O5S/c1-35-21-14-17(15-22(36-2)27(21)37-3)24-25-19(12-16(13-20(25)33)23-10-7-11-38-23)30-28-26(24)29(34)32(31-28)18-8-5-4-6-9-18/h4-11,14-16,24,30-31H,12-13H2,1-3H3. The molecule has 2 N–H and O–H groups in total. The molecule has 0 radical (unpaired) electrons. The number of aromatic nitrogens is 2. The minimum Gasteiger partial charge on any atom is -0.493 e. The molecule has 1 aliphatic heterocycles. The zero-order valence-corrected chi connectivity index (χ0v) is 22.1. The molecule has 4 aromatic rings. The lowest BCUT2D eigenvalue weighted by Crippen LogP contribution is -2.31.